The zero-order valence-electron chi connectivity index (χ0n) is 10.7. The molecule has 108 valence electrons. The fourth-order valence-electron chi connectivity index (χ4n) is 2.37. The van der Waals surface area contributed by atoms with Crippen LogP contribution in [0.5, 0.6) is 0 Å². The van der Waals surface area contributed by atoms with Crippen molar-refractivity contribution >= 4 is 29.0 Å². The molecule has 3 heterocycles. The Morgan fingerprint density at radius 1 is 1.33 bits per heavy atom. The molecule has 0 unspecified atom stereocenters. The Kier molecular flexibility index (Phi) is 2.75. The van der Waals surface area contributed by atoms with Gasteiger partial charge >= 0.3 is 12.1 Å². The van der Waals surface area contributed by atoms with Crippen LogP contribution in [0.2, 0.25) is 0 Å². The van der Waals surface area contributed by atoms with Crippen LogP contribution >= 0.6 is 0 Å². The number of aromatic nitrogens is 3. The van der Waals surface area contributed by atoms with Crippen LogP contribution in [0.25, 0.3) is 11.1 Å². The quantitative estimate of drug-likeness (QED) is 0.715. The molecule has 0 bridgehead atoms. The van der Waals surface area contributed by atoms with E-state index in [4.69, 9.17) is 15.9 Å². The summed E-state index contributed by atoms with van der Waals surface area (Å²) in [6.45, 7) is -0.0255. The van der Waals surface area contributed by atoms with Crippen molar-refractivity contribution in [2.24, 2.45) is 0 Å². The number of rotatable bonds is 2. The molecule has 0 aromatic carbocycles. The van der Waals surface area contributed by atoms with Gasteiger partial charge in [0.05, 0.1) is 12.2 Å². The van der Waals surface area contributed by atoms with E-state index in [2.05, 4.69) is 10.1 Å². The zero-order valence-corrected chi connectivity index (χ0v) is 10.7. The summed E-state index contributed by atoms with van der Waals surface area (Å²) in [4.78, 5) is 27.0. The number of carbonyl (C=O) groups is 2. The number of hydrogen-bond donors (Lipinski definition) is 3. The van der Waals surface area contributed by atoms with Crippen molar-refractivity contribution in [2.45, 2.75) is 6.04 Å². The number of carboxylic acids is 1. The number of nitrogens with two attached hydrogens (primary N) is 1. The predicted molar refractivity (Wildman–Crippen MR) is 71.5 cm³/mol. The van der Waals surface area contributed by atoms with E-state index in [1.807, 2.05) is 0 Å². The fourth-order valence-corrected chi connectivity index (χ4v) is 2.37. The van der Waals surface area contributed by atoms with Gasteiger partial charge in [-0.1, -0.05) is 0 Å². The number of fused-ring (bicyclic) bond motifs is 1. The van der Waals surface area contributed by atoms with Crippen LogP contribution in [-0.2, 0) is 4.79 Å². The molecule has 0 radical (unpaired) electrons. The summed E-state index contributed by atoms with van der Waals surface area (Å²) in [5.41, 5.74) is 7.46. The molecular formula is C12H11N5O4. The molecule has 0 spiro atoms. The maximum absolute atomic E-state index is 11.1. The molecule has 0 saturated heterocycles. The summed E-state index contributed by atoms with van der Waals surface area (Å²) in [6.07, 6.45) is 1.39. The Morgan fingerprint density at radius 3 is 2.71 bits per heavy atom. The van der Waals surface area contributed by atoms with Gasteiger partial charge in [0.25, 0.3) is 0 Å². The third-order valence-corrected chi connectivity index (χ3v) is 3.35. The van der Waals surface area contributed by atoms with Crippen LogP contribution in [-0.4, -0.2) is 54.4 Å². The van der Waals surface area contributed by atoms with Gasteiger partial charge in [-0.25, -0.2) is 19.1 Å². The second-order valence-corrected chi connectivity index (χ2v) is 4.55. The maximum Gasteiger partial charge on any atom is 0.408 e. The van der Waals surface area contributed by atoms with Crippen LogP contribution in [0.3, 0.4) is 0 Å². The standard InChI is InChI=1S/C12H11N5O4/c13-10-8-2-1-7(17(8)15-5-14-10)6-3-9(11(18)19)16(4-6)12(20)21/h1-3,5,9H,4H2,(H,18,19)(H,20,21)(H2,13,14,15)/t9-/m0/s1. The summed E-state index contributed by atoms with van der Waals surface area (Å²) in [5, 5.41) is 22.2. The summed E-state index contributed by atoms with van der Waals surface area (Å²) in [7, 11) is 0. The molecule has 2 aromatic heterocycles. The first-order chi connectivity index (χ1) is 9.99. The Labute approximate surface area is 117 Å². The minimum atomic E-state index is -1.29. The number of hydrogen-bond acceptors (Lipinski definition) is 5. The Hall–Kier alpha value is -3.10. The lowest BCUT2D eigenvalue weighted by Crippen LogP contribution is -2.40. The maximum atomic E-state index is 11.1. The SMILES string of the molecule is Nc1ncnn2c(C3=C[C@@H](C(=O)O)N(C(=O)O)C3)ccc12. The molecule has 9 nitrogen and oxygen atoms in total. The fraction of sp³-hybridized carbons (Fsp3) is 0.167. The minimum absolute atomic E-state index is 0.0255. The minimum Gasteiger partial charge on any atom is -0.479 e. The van der Waals surface area contributed by atoms with Crippen molar-refractivity contribution in [3.8, 4) is 0 Å². The predicted octanol–water partition coefficient (Wildman–Crippen LogP) is 0.142. The van der Waals surface area contributed by atoms with Gasteiger partial charge in [-0.2, -0.15) is 5.10 Å². The number of carboxylic acid groups (broad SMARTS) is 2. The van der Waals surface area contributed by atoms with Crippen LogP contribution in [0.4, 0.5) is 10.6 Å². The monoisotopic (exact) mass is 289 g/mol. The third-order valence-electron chi connectivity index (χ3n) is 3.35. The number of nitrogen functional groups attached to an aromatic ring is 1. The van der Waals surface area contributed by atoms with E-state index in [9.17, 15) is 9.59 Å². The van der Waals surface area contributed by atoms with Crippen molar-refractivity contribution < 1.29 is 19.8 Å². The molecule has 1 amide bonds. The van der Waals surface area contributed by atoms with E-state index in [-0.39, 0.29) is 6.54 Å². The van der Waals surface area contributed by atoms with E-state index in [0.717, 1.165) is 4.90 Å². The zero-order chi connectivity index (χ0) is 15.1. The molecule has 0 aliphatic carbocycles. The van der Waals surface area contributed by atoms with Crippen LogP contribution in [0, 0.1) is 0 Å². The van der Waals surface area contributed by atoms with E-state index in [1.54, 1.807) is 12.1 Å². The smallest absolute Gasteiger partial charge is 0.408 e. The van der Waals surface area contributed by atoms with Crippen LogP contribution in [0.15, 0.2) is 24.5 Å². The van der Waals surface area contributed by atoms with Crippen molar-refractivity contribution in [3.05, 3.63) is 30.2 Å². The number of amides is 1. The highest BCUT2D eigenvalue weighted by molar-refractivity contribution is 5.89. The largest absolute Gasteiger partial charge is 0.479 e. The highest BCUT2D eigenvalue weighted by atomic mass is 16.4. The summed E-state index contributed by atoms with van der Waals surface area (Å²) >= 11 is 0. The normalized spacial score (nSPS) is 18.0. The van der Waals surface area contributed by atoms with E-state index in [1.165, 1.54) is 16.9 Å². The Bertz CT molecular complexity index is 781. The molecule has 21 heavy (non-hydrogen) atoms. The molecule has 1 aliphatic heterocycles. The van der Waals surface area contributed by atoms with E-state index >= 15 is 0 Å². The van der Waals surface area contributed by atoms with Crippen molar-refractivity contribution in [1.29, 1.82) is 0 Å². The Morgan fingerprint density at radius 2 is 2.10 bits per heavy atom. The molecule has 1 aliphatic rings. The van der Waals surface area contributed by atoms with Gasteiger partial charge in [-0.15, -0.1) is 0 Å². The lowest BCUT2D eigenvalue weighted by Gasteiger charge is -2.17. The molecule has 0 fully saturated rings. The van der Waals surface area contributed by atoms with Crippen molar-refractivity contribution in [2.75, 3.05) is 12.3 Å². The summed E-state index contributed by atoms with van der Waals surface area (Å²) < 4.78 is 1.51. The lowest BCUT2D eigenvalue weighted by atomic mass is 10.2. The average Bonchev–Trinajstić information content (AvgIpc) is 3.02. The van der Waals surface area contributed by atoms with E-state index in [0.29, 0.717) is 22.6 Å². The molecule has 3 rings (SSSR count). The first-order valence-corrected chi connectivity index (χ1v) is 6.00. The lowest BCUT2D eigenvalue weighted by molar-refractivity contribution is -0.140. The average molecular weight is 289 g/mol. The van der Waals surface area contributed by atoms with Gasteiger partial charge < -0.3 is 15.9 Å². The van der Waals surface area contributed by atoms with Gasteiger partial charge in [-0.05, 0) is 23.8 Å². The molecule has 0 saturated carbocycles. The van der Waals surface area contributed by atoms with Gasteiger partial charge in [0, 0.05) is 0 Å². The third kappa shape index (κ3) is 1.95. The van der Waals surface area contributed by atoms with E-state index < -0.39 is 18.1 Å². The first-order valence-electron chi connectivity index (χ1n) is 6.00. The number of aliphatic carboxylic acids is 1. The molecule has 2 aromatic rings. The van der Waals surface area contributed by atoms with Gasteiger partial charge in [0.1, 0.15) is 11.8 Å². The summed E-state index contributed by atoms with van der Waals surface area (Å²) in [6, 6.07) is 2.20. The Balaban J connectivity index is 2.07. The highest BCUT2D eigenvalue weighted by Crippen LogP contribution is 2.27. The topological polar surface area (TPSA) is 134 Å². The van der Waals surface area contributed by atoms with Crippen LogP contribution in [0.1, 0.15) is 5.69 Å². The second-order valence-electron chi connectivity index (χ2n) is 4.55. The van der Waals surface area contributed by atoms with Gasteiger partial charge in [0.2, 0.25) is 0 Å². The van der Waals surface area contributed by atoms with Crippen molar-refractivity contribution in [3.63, 3.8) is 0 Å². The van der Waals surface area contributed by atoms with Gasteiger partial charge in [-0.3, -0.25) is 4.90 Å². The van der Waals surface area contributed by atoms with Gasteiger partial charge in [0.15, 0.2) is 11.9 Å². The van der Waals surface area contributed by atoms with Crippen LogP contribution < -0.4 is 5.73 Å². The molecular weight excluding hydrogens is 278 g/mol. The molecule has 9 heteroatoms. The summed E-state index contributed by atoms with van der Waals surface area (Å²) in [5.74, 6) is -0.929. The number of nitrogens with zero attached hydrogens (tertiary/aromatic N) is 4. The molecule has 1 atom stereocenters. The van der Waals surface area contributed by atoms with Crippen molar-refractivity contribution in [1.82, 2.24) is 19.5 Å². The first kappa shape index (κ1) is 12.9. The number of anilines is 1. The highest BCUT2D eigenvalue weighted by Gasteiger charge is 2.35. The second kappa shape index (κ2) is 4.47. The molecule has 4 N–H and O–H groups in total.